The quantitative estimate of drug-likeness (QED) is 0.273. The van der Waals surface area contributed by atoms with Crippen LogP contribution in [0.25, 0.3) is 11.0 Å². The number of rotatable bonds is 9. The van der Waals surface area contributed by atoms with Crippen molar-refractivity contribution >= 4 is 40.7 Å². The first-order chi connectivity index (χ1) is 15.4. The summed E-state index contributed by atoms with van der Waals surface area (Å²) in [4.78, 5) is 7.24. The highest BCUT2D eigenvalue weighted by Gasteiger charge is 2.22. The molecular formula is C25H35BrN4OSi. The Morgan fingerprint density at radius 2 is 2.00 bits per heavy atom. The first-order valence-corrected chi connectivity index (χ1v) is 16.1. The van der Waals surface area contributed by atoms with Gasteiger partial charge in [0.2, 0.25) is 0 Å². The van der Waals surface area contributed by atoms with E-state index in [4.69, 9.17) is 4.74 Å². The zero-order valence-electron chi connectivity index (χ0n) is 19.5. The summed E-state index contributed by atoms with van der Waals surface area (Å²) in [6, 6.07) is 14.5. The molecular weight excluding hydrogens is 480 g/mol. The van der Waals surface area contributed by atoms with Gasteiger partial charge in [-0.25, -0.2) is 4.98 Å². The number of likely N-dealkylation sites (tertiary alicyclic amines) is 1. The van der Waals surface area contributed by atoms with Crippen molar-refractivity contribution in [3.05, 3.63) is 58.8 Å². The monoisotopic (exact) mass is 514 g/mol. The molecule has 1 aliphatic rings. The van der Waals surface area contributed by atoms with Crippen LogP contribution in [0.15, 0.2) is 53.3 Å². The molecule has 1 N–H and O–H groups in total. The number of nitrogens with one attached hydrogen (secondary N) is 1. The SMILES string of the molecule is C[Si](C)(C)CCOCn1ccc2c(N[C@@H]3CCCN(Cc4ccccc4)C3)c(Br)cnc21. The lowest BCUT2D eigenvalue weighted by atomic mass is 10.0. The van der Waals surface area contributed by atoms with Gasteiger partial charge in [0, 0.05) is 51.6 Å². The normalized spacial score (nSPS) is 17.7. The molecule has 1 atom stereocenters. The van der Waals surface area contributed by atoms with Gasteiger partial charge in [0.25, 0.3) is 0 Å². The van der Waals surface area contributed by atoms with E-state index in [9.17, 15) is 0 Å². The number of aromatic nitrogens is 2. The second-order valence-corrected chi connectivity index (χ2v) is 16.5. The van der Waals surface area contributed by atoms with Gasteiger partial charge in [-0.2, -0.15) is 0 Å². The molecule has 0 amide bonds. The maximum absolute atomic E-state index is 5.97. The van der Waals surface area contributed by atoms with Crippen molar-refractivity contribution in [3.63, 3.8) is 0 Å². The van der Waals surface area contributed by atoms with Crippen LogP contribution in [0.4, 0.5) is 5.69 Å². The molecule has 1 aliphatic heterocycles. The third-order valence-electron chi connectivity index (χ3n) is 6.07. The number of anilines is 1. The Morgan fingerprint density at radius 1 is 1.19 bits per heavy atom. The average Bonchev–Trinajstić information content (AvgIpc) is 3.17. The summed E-state index contributed by atoms with van der Waals surface area (Å²) in [6.07, 6.45) is 6.39. The lowest BCUT2D eigenvalue weighted by Gasteiger charge is -2.34. The third kappa shape index (κ3) is 6.22. The highest BCUT2D eigenvalue weighted by atomic mass is 79.9. The van der Waals surface area contributed by atoms with E-state index in [2.05, 4.69) is 97.9 Å². The van der Waals surface area contributed by atoms with Crippen LogP contribution in [0.1, 0.15) is 18.4 Å². The zero-order chi connectivity index (χ0) is 22.6. The van der Waals surface area contributed by atoms with Crippen molar-refractivity contribution in [2.24, 2.45) is 0 Å². The fraction of sp³-hybridized carbons (Fsp3) is 0.480. The molecule has 3 aromatic rings. The molecule has 0 radical (unpaired) electrons. The molecule has 1 fully saturated rings. The molecule has 0 aliphatic carbocycles. The Balaban J connectivity index is 1.42. The van der Waals surface area contributed by atoms with E-state index >= 15 is 0 Å². The molecule has 0 spiro atoms. The van der Waals surface area contributed by atoms with Crippen LogP contribution < -0.4 is 5.32 Å². The molecule has 0 unspecified atom stereocenters. The summed E-state index contributed by atoms with van der Waals surface area (Å²) >= 11 is 3.73. The van der Waals surface area contributed by atoms with Gasteiger partial charge in [0.1, 0.15) is 12.4 Å². The first-order valence-electron chi connectivity index (χ1n) is 11.6. The van der Waals surface area contributed by atoms with E-state index < -0.39 is 8.07 Å². The molecule has 5 nitrogen and oxygen atoms in total. The van der Waals surface area contributed by atoms with Crippen molar-refractivity contribution < 1.29 is 4.74 Å². The highest BCUT2D eigenvalue weighted by molar-refractivity contribution is 9.10. The second kappa shape index (κ2) is 10.5. The Bertz CT molecular complexity index is 1020. The van der Waals surface area contributed by atoms with Gasteiger partial charge >= 0.3 is 0 Å². The molecule has 32 heavy (non-hydrogen) atoms. The van der Waals surface area contributed by atoms with Gasteiger partial charge < -0.3 is 14.6 Å². The minimum Gasteiger partial charge on any atom is -0.379 e. The minimum atomic E-state index is -1.08. The van der Waals surface area contributed by atoms with Gasteiger partial charge in [0.15, 0.2) is 0 Å². The largest absolute Gasteiger partial charge is 0.379 e. The number of ether oxygens (including phenoxy) is 1. The fourth-order valence-corrected chi connectivity index (χ4v) is 5.46. The van der Waals surface area contributed by atoms with Gasteiger partial charge in [-0.1, -0.05) is 50.0 Å². The Morgan fingerprint density at radius 3 is 2.78 bits per heavy atom. The second-order valence-electron chi connectivity index (χ2n) is 10.1. The topological polar surface area (TPSA) is 42.3 Å². The predicted molar refractivity (Wildman–Crippen MR) is 140 cm³/mol. The number of fused-ring (bicyclic) bond motifs is 1. The van der Waals surface area contributed by atoms with Gasteiger partial charge in [0.05, 0.1) is 10.2 Å². The van der Waals surface area contributed by atoms with Crippen molar-refractivity contribution in [1.82, 2.24) is 14.5 Å². The number of nitrogens with zero attached hydrogens (tertiary/aromatic N) is 3. The minimum absolute atomic E-state index is 0.422. The van der Waals surface area contributed by atoms with E-state index in [0.29, 0.717) is 12.8 Å². The maximum Gasteiger partial charge on any atom is 0.143 e. The van der Waals surface area contributed by atoms with Crippen molar-refractivity contribution in [3.8, 4) is 0 Å². The van der Waals surface area contributed by atoms with E-state index in [0.717, 1.165) is 47.4 Å². The van der Waals surface area contributed by atoms with Crippen LogP contribution in [-0.2, 0) is 18.0 Å². The number of pyridine rings is 1. The van der Waals surface area contributed by atoms with Crippen LogP contribution in [0.5, 0.6) is 0 Å². The van der Waals surface area contributed by atoms with Crippen LogP contribution in [0, 0.1) is 0 Å². The molecule has 0 bridgehead atoms. The molecule has 3 heterocycles. The standard InChI is InChI=1S/C25H35BrN4OSi/c1-32(2,3)15-14-31-19-30-13-11-22-24(23(26)16-27-25(22)30)28-21-10-7-12-29(18-21)17-20-8-5-4-6-9-20/h4-6,8-9,11,13,16,21H,7,10,12,14-15,17-19H2,1-3H3,(H,27,28)/t21-/m1/s1. The molecule has 2 aromatic heterocycles. The van der Waals surface area contributed by atoms with Gasteiger partial charge in [-0.05, 0) is 53.0 Å². The zero-order valence-corrected chi connectivity index (χ0v) is 22.1. The number of benzene rings is 1. The number of hydrogen-bond acceptors (Lipinski definition) is 4. The Labute approximate surface area is 201 Å². The molecule has 4 rings (SSSR count). The number of hydrogen-bond donors (Lipinski definition) is 1. The lowest BCUT2D eigenvalue weighted by Crippen LogP contribution is -2.41. The van der Waals surface area contributed by atoms with Crippen LogP contribution in [0.2, 0.25) is 25.7 Å². The molecule has 7 heteroatoms. The summed E-state index contributed by atoms with van der Waals surface area (Å²) in [5.74, 6) is 0. The van der Waals surface area contributed by atoms with E-state index in [1.807, 2.05) is 6.20 Å². The van der Waals surface area contributed by atoms with Crippen molar-refractivity contribution in [2.75, 3.05) is 25.0 Å². The number of halogens is 1. The molecule has 1 aromatic carbocycles. The van der Waals surface area contributed by atoms with Crippen LogP contribution >= 0.6 is 15.9 Å². The van der Waals surface area contributed by atoms with Crippen molar-refractivity contribution in [1.29, 1.82) is 0 Å². The van der Waals surface area contributed by atoms with Gasteiger partial charge in [-0.15, -0.1) is 0 Å². The van der Waals surface area contributed by atoms with E-state index in [-0.39, 0.29) is 0 Å². The summed E-state index contributed by atoms with van der Waals surface area (Å²) in [6.45, 7) is 11.7. The van der Waals surface area contributed by atoms with Gasteiger partial charge in [-0.3, -0.25) is 4.90 Å². The third-order valence-corrected chi connectivity index (χ3v) is 8.38. The fourth-order valence-electron chi connectivity index (χ4n) is 4.27. The Hall–Kier alpha value is -1.67. The highest BCUT2D eigenvalue weighted by Crippen LogP contribution is 2.32. The average molecular weight is 516 g/mol. The van der Waals surface area contributed by atoms with Crippen molar-refractivity contribution in [2.45, 2.75) is 57.8 Å². The Kier molecular flexibility index (Phi) is 7.71. The molecule has 0 saturated carbocycles. The predicted octanol–water partition coefficient (Wildman–Crippen LogP) is 6.19. The van der Waals surface area contributed by atoms with Crippen LogP contribution in [0.3, 0.4) is 0 Å². The van der Waals surface area contributed by atoms with E-state index in [1.165, 1.54) is 24.4 Å². The smallest absolute Gasteiger partial charge is 0.143 e. The summed E-state index contributed by atoms with van der Waals surface area (Å²) in [5, 5.41) is 4.98. The summed E-state index contributed by atoms with van der Waals surface area (Å²) in [5.41, 5.74) is 3.50. The first kappa shape index (κ1) is 23.5. The number of piperidine rings is 1. The maximum atomic E-state index is 5.97. The van der Waals surface area contributed by atoms with Crippen LogP contribution in [-0.4, -0.2) is 48.3 Å². The summed E-state index contributed by atoms with van der Waals surface area (Å²) in [7, 11) is -1.08. The molecule has 1 saturated heterocycles. The lowest BCUT2D eigenvalue weighted by molar-refractivity contribution is 0.0899. The molecule has 172 valence electrons. The summed E-state index contributed by atoms with van der Waals surface area (Å²) < 4.78 is 9.10. The van der Waals surface area contributed by atoms with E-state index in [1.54, 1.807) is 0 Å².